The van der Waals surface area contributed by atoms with Gasteiger partial charge in [0.15, 0.2) is 0 Å². The van der Waals surface area contributed by atoms with Gasteiger partial charge in [-0.3, -0.25) is 0 Å². The highest BCUT2D eigenvalue weighted by atomic mass is 35.5. The highest BCUT2D eigenvalue weighted by molar-refractivity contribution is 6.31. The maximum atomic E-state index is 15.2. The number of unbranched alkanes of at least 4 members (excludes halogenated alkanes) is 1. The van der Waals surface area contributed by atoms with Gasteiger partial charge in [0.25, 0.3) is 0 Å². The number of hydrogen-bond acceptors (Lipinski definition) is 0. The first-order valence-corrected chi connectivity index (χ1v) is 10.5. The molecule has 4 aromatic carbocycles. The molecule has 0 aliphatic carbocycles. The van der Waals surface area contributed by atoms with E-state index < -0.39 is 39.7 Å². The van der Waals surface area contributed by atoms with Crippen molar-refractivity contribution in [2.45, 2.75) is 26.2 Å². The van der Waals surface area contributed by atoms with Crippen LogP contribution in [-0.2, 0) is 6.42 Å². The van der Waals surface area contributed by atoms with Gasteiger partial charge in [-0.2, -0.15) is 0 Å². The molecule has 4 aromatic rings. The van der Waals surface area contributed by atoms with Crippen molar-refractivity contribution in [1.29, 1.82) is 0 Å². The molecule has 0 aliphatic heterocycles. The van der Waals surface area contributed by atoms with Crippen LogP contribution < -0.4 is 0 Å². The van der Waals surface area contributed by atoms with Crippen molar-refractivity contribution in [2.24, 2.45) is 0 Å². The summed E-state index contributed by atoms with van der Waals surface area (Å²) in [4.78, 5) is 0. The molecule has 0 aliphatic rings. The van der Waals surface area contributed by atoms with Gasteiger partial charge in [0.2, 0.25) is 0 Å². The molecule has 6 heteroatoms. The van der Waals surface area contributed by atoms with Gasteiger partial charge < -0.3 is 0 Å². The first kappa shape index (κ1) is 22.3. The molecule has 32 heavy (non-hydrogen) atoms. The molecule has 0 fully saturated rings. The lowest BCUT2D eigenvalue weighted by Gasteiger charge is -2.12. The molecular formula is C26H18ClF5. The minimum Gasteiger partial charge on any atom is -0.206 e. The van der Waals surface area contributed by atoms with Crippen molar-refractivity contribution >= 4 is 22.4 Å². The van der Waals surface area contributed by atoms with Crippen molar-refractivity contribution in [3.05, 3.63) is 94.3 Å². The van der Waals surface area contributed by atoms with Crippen LogP contribution in [-0.4, -0.2) is 0 Å². The van der Waals surface area contributed by atoms with Gasteiger partial charge in [-0.25, -0.2) is 22.0 Å². The van der Waals surface area contributed by atoms with E-state index in [9.17, 15) is 17.6 Å². The standard InChI is InChI=1S/C26H18ClF5/c1-2-3-4-14-5-7-18-15(9-14)6-8-19(26(18)32)16-10-20(28)24(21(29)11-16)17-12-22(30)25(27)23(31)13-17/h5-13H,2-4H2,1H3. The van der Waals surface area contributed by atoms with E-state index in [1.54, 1.807) is 12.1 Å². The molecule has 0 heterocycles. The molecule has 0 radical (unpaired) electrons. The predicted octanol–water partition coefficient (Wildman–Crippen LogP) is 8.87. The van der Waals surface area contributed by atoms with Crippen LogP contribution in [0.15, 0.2) is 54.6 Å². The number of aryl methyl sites for hydroxylation is 1. The summed E-state index contributed by atoms with van der Waals surface area (Å²) in [6.07, 6.45) is 2.96. The molecular weight excluding hydrogens is 443 g/mol. The number of hydrogen-bond donors (Lipinski definition) is 0. The van der Waals surface area contributed by atoms with Crippen LogP contribution in [0.1, 0.15) is 25.3 Å². The zero-order valence-electron chi connectivity index (χ0n) is 17.1. The highest BCUT2D eigenvalue weighted by Crippen LogP contribution is 2.36. The van der Waals surface area contributed by atoms with Crippen LogP contribution in [0.25, 0.3) is 33.0 Å². The molecule has 0 saturated heterocycles. The van der Waals surface area contributed by atoms with E-state index in [1.807, 2.05) is 12.1 Å². The summed E-state index contributed by atoms with van der Waals surface area (Å²) in [5, 5.41) is 0.279. The molecule has 0 N–H and O–H groups in total. The van der Waals surface area contributed by atoms with Gasteiger partial charge in [-0.15, -0.1) is 0 Å². The second-order valence-electron chi connectivity index (χ2n) is 7.65. The Morgan fingerprint density at radius 3 is 1.97 bits per heavy atom. The number of halogens is 6. The monoisotopic (exact) mass is 460 g/mol. The van der Waals surface area contributed by atoms with Crippen molar-refractivity contribution in [1.82, 2.24) is 0 Å². The third-order valence-electron chi connectivity index (χ3n) is 5.46. The average Bonchev–Trinajstić information content (AvgIpc) is 2.75. The first-order valence-electron chi connectivity index (χ1n) is 10.2. The fourth-order valence-corrected chi connectivity index (χ4v) is 3.91. The normalized spacial score (nSPS) is 11.3. The van der Waals surface area contributed by atoms with Gasteiger partial charge in [-0.1, -0.05) is 55.3 Å². The van der Waals surface area contributed by atoms with Gasteiger partial charge in [0.1, 0.15) is 34.1 Å². The van der Waals surface area contributed by atoms with Crippen molar-refractivity contribution in [3.8, 4) is 22.3 Å². The fraction of sp³-hybridized carbons (Fsp3) is 0.154. The SMILES string of the molecule is CCCCc1ccc2c(F)c(-c3cc(F)c(-c4cc(F)c(Cl)c(F)c4)c(F)c3)ccc2c1. The molecule has 0 spiro atoms. The number of benzene rings is 4. The maximum Gasteiger partial charge on any atom is 0.145 e. The van der Waals surface area contributed by atoms with Crippen LogP contribution in [0.3, 0.4) is 0 Å². The van der Waals surface area contributed by atoms with Crippen LogP contribution >= 0.6 is 11.6 Å². The molecule has 0 atom stereocenters. The van der Waals surface area contributed by atoms with E-state index in [0.29, 0.717) is 10.8 Å². The molecule has 0 aromatic heterocycles. The second kappa shape index (κ2) is 8.91. The molecule has 0 saturated carbocycles. The summed E-state index contributed by atoms with van der Waals surface area (Å²) in [5.41, 5.74) is 0.134. The summed E-state index contributed by atoms with van der Waals surface area (Å²) in [5.74, 6) is -5.02. The van der Waals surface area contributed by atoms with E-state index in [2.05, 4.69) is 6.92 Å². The zero-order chi connectivity index (χ0) is 23.0. The van der Waals surface area contributed by atoms with Gasteiger partial charge in [0, 0.05) is 10.9 Å². The fourth-order valence-electron chi connectivity index (χ4n) is 3.80. The lowest BCUT2D eigenvalue weighted by Crippen LogP contribution is -1.96. The zero-order valence-corrected chi connectivity index (χ0v) is 17.8. The smallest absolute Gasteiger partial charge is 0.145 e. The summed E-state index contributed by atoms with van der Waals surface area (Å²) < 4.78 is 72.4. The molecule has 0 nitrogen and oxygen atoms in total. The lowest BCUT2D eigenvalue weighted by atomic mass is 9.95. The van der Waals surface area contributed by atoms with Gasteiger partial charge in [-0.05, 0) is 59.2 Å². The van der Waals surface area contributed by atoms with Crippen LogP contribution in [0.2, 0.25) is 5.02 Å². The van der Waals surface area contributed by atoms with E-state index in [4.69, 9.17) is 11.6 Å². The first-order chi connectivity index (χ1) is 15.3. The van der Waals surface area contributed by atoms with E-state index in [1.165, 1.54) is 6.07 Å². The second-order valence-corrected chi connectivity index (χ2v) is 8.03. The highest BCUT2D eigenvalue weighted by Gasteiger charge is 2.19. The van der Waals surface area contributed by atoms with Crippen LogP contribution in [0.4, 0.5) is 22.0 Å². The molecule has 4 rings (SSSR count). The van der Waals surface area contributed by atoms with E-state index in [0.717, 1.165) is 49.1 Å². The summed E-state index contributed by atoms with van der Waals surface area (Å²) in [6, 6.07) is 12.0. The minimum atomic E-state index is -1.14. The van der Waals surface area contributed by atoms with Gasteiger partial charge in [0.05, 0.1) is 5.56 Å². The van der Waals surface area contributed by atoms with E-state index in [-0.39, 0.29) is 16.7 Å². The van der Waals surface area contributed by atoms with Crippen LogP contribution in [0.5, 0.6) is 0 Å². The van der Waals surface area contributed by atoms with Crippen molar-refractivity contribution in [3.63, 3.8) is 0 Å². The molecule has 164 valence electrons. The Morgan fingerprint density at radius 1 is 0.719 bits per heavy atom. The largest absolute Gasteiger partial charge is 0.206 e. The Balaban J connectivity index is 1.78. The van der Waals surface area contributed by atoms with Gasteiger partial charge >= 0.3 is 0 Å². The third kappa shape index (κ3) is 4.09. The third-order valence-corrected chi connectivity index (χ3v) is 5.82. The number of fused-ring (bicyclic) bond motifs is 1. The molecule has 0 unspecified atom stereocenters. The Labute approximate surface area is 187 Å². The Morgan fingerprint density at radius 2 is 1.34 bits per heavy atom. The molecule has 0 bridgehead atoms. The van der Waals surface area contributed by atoms with Crippen LogP contribution in [0, 0.1) is 29.1 Å². The topological polar surface area (TPSA) is 0 Å². The van der Waals surface area contributed by atoms with E-state index >= 15 is 4.39 Å². The Bertz CT molecular complexity index is 1280. The van der Waals surface area contributed by atoms with Crippen molar-refractivity contribution in [2.75, 3.05) is 0 Å². The predicted molar refractivity (Wildman–Crippen MR) is 118 cm³/mol. The maximum absolute atomic E-state index is 15.2. The average molecular weight is 461 g/mol. The summed E-state index contributed by atoms with van der Waals surface area (Å²) in [6.45, 7) is 2.09. The Hall–Kier alpha value is -2.92. The molecule has 0 amide bonds. The summed E-state index contributed by atoms with van der Waals surface area (Å²) in [7, 11) is 0. The minimum absolute atomic E-state index is 0.0203. The lowest BCUT2D eigenvalue weighted by molar-refractivity contribution is 0.579. The Kier molecular flexibility index (Phi) is 6.20. The quantitative estimate of drug-likeness (QED) is 0.206. The number of rotatable bonds is 5. The van der Waals surface area contributed by atoms with Crippen molar-refractivity contribution < 1.29 is 22.0 Å². The summed E-state index contributed by atoms with van der Waals surface area (Å²) >= 11 is 5.44.